The van der Waals surface area contributed by atoms with Gasteiger partial charge in [-0.1, -0.05) is 32.6 Å². The van der Waals surface area contributed by atoms with Gasteiger partial charge in [0.25, 0.3) is 0 Å². The van der Waals surface area contributed by atoms with Crippen molar-refractivity contribution in [2.75, 3.05) is 0 Å². The summed E-state index contributed by atoms with van der Waals surface area (Å²) in [6, 6.07) is 0. The maximum absolute atomic E-state index is 4.84. The summed E-state index contributed by atoms with van der Waals surface area (Å²) in [7, 11) is 0. The molecule has 0 aliphatic heterocycles. The molecule has 1 heteroatoms. The van der Waals surface area contributed by atoms with Gasteiger partial charge in [-0.25, -0.2) is 0 Å². The standard InChI is InChI=1S/C15H26S/c1-11-5-4-6-12(16)10-15(9-11)13-7-2-3-8-14(13)15/h11-14,16H,2-10H2,1H3. The van der Waals surface area contributed by atoms with Crippen LogP contribution in [0.5, 0.6) is 0 Å². The first-order valence-corrected chi connectivity index (χ1v) is 7.92. The molecule has 0 radical (unpaired) electrons. The number of hydrogen-bond donors (Lipinski definition) is 1. The maximum atomic E-state index is 4.84. The molecule has 0 amide bonds. The highest BCUT2D eigenvalue weighted by Gasteiger charge is 2.63. The average molecular weight is 238 g/mol. The van der Waals surface area contributed by atoms with Crippen LogP contribution in [0, 0.1) is 23.2 Å². The summed E-state index contributed by atoms with van der Waals surface area (Å²) in [5, 5.41) is 0.707. The van der Waals surface area contributed by atoms with Crippen LogP contribution in [0.3, 0.4) is 0 Å². The Bertz CT molecular complexity index is 234. The maximum Gasteiger partial charge on any atom is 0.00223 e. The zero-order valence-corrected chi connectivity index (χ0v) is 11.5. The number of hydrogen-bond acceptors (Lipinski definition) is 1. The summed E-state index contributed by atoms with van der Waals surface area (Å²) < 4.78 is 0. The Hall–Kier alpha value is 0.350. The smallest absolute Gasteiger partial charge is 0.00223 e. The van der Waals surface area contributed by atoms with E-state index < -0.39 is 0 Å². The fourth-order valence-corrected chi connectivity index (χ4v) is 5.58. The van der Waals surface area contributed by atoms with Crippen molar-refractivity contribution in [1.29, 1.82) is 0 Å². The van der Waals surface area contributed by atoms with Gasteiger partial charge in [-0.3, -0.25) is 0 Å². The van der Waals surface area contributed by atoms with Crippen molar-refractivity contribution in [3.63, 3.8) is 0 Å². The number of thiol groups is 1. The van der Waals surface area contributed by atoms with E-state index in [1.54, 1.807) is 0 Å². The van der Waals surface area contributed by atoms with Gasteiger partial charge in [0.2, 0.25) is 0 Å². The van der Waals surface area contributed by atoms with E-state index in [9.17, 15) is 0 Å². The highest BCUT2D eigenvalue weighted by molar-refractivity contribution is 7.80. The van der Waals surface area contributed by atoms with E-state index >= 15 is 0 Å². The van der Waals surface area contributed by atoms with Gasteiger partial charge in [0.1, 0.15) is 0 Å². The topological polar surface area (TPSA) is 0 Å². The third kappa shape index (κ3) is 1.83. The first-order valence-electron chi connectivity index (χ1n) is 7.40. The van der Waals surface area contributed by atoms with Gasteiger partial charge < -0.3 is 0 Å². The Labute approximate surface area is 106 Å². The van der Waals surface area contributed by atoms with Gasteiger partial charge in [0, 0.05) is 5.25 Å². The van der Waals surface area contributed by atoms with Crippen molar-refractivity contribution in [3.05, 3.63) is 0 Å². The summed E-state index contributed by atoms with van der Waals surface area (Å²) in [6.45, 7) is 2.49. The third-order valence-corrected chi connectivity index (χ3v) is 6.15. The lowest BCUT2D eigenvalue weighted by Gasteiger charge is -2.29. The molecule has 3 saturated carbocycles. The summed E-state index contributed by atoms with van der Waals surface area (Å²) in [4.78, 5) is 0. The molecular weight excluding hydrogens is 212 g/mol. The molecule has 3 aliphatic carbocycles. The summed E-state index contributed by atoms with van der Waals surface area (Å²) in [5.74, 6) is 3.19. The summed E-state index contributed by atoms with van der Waals surface area (Å²) >= 11 is 4.84. The Morgan fingerprint density at radius 1 is 0.875 bits per heavy atom. The molecule has 4 unspecified atom stereocenters. The number of rotatable bonds is 0. The second-order valence-corrected chi connectivity index (χ2v) is 7.56. The molecule has 0 heterocycles. The molecule has 92 valence electrons. The SMILES string of the molecule is CC1CCCC(S)CC2(C1)C1CCCCC12. The normalized spacial score (nSPS) is 52.9. The molecule has 3 aliphatic rings. The zero-order valence-electron chi connectivity index (χ0n) is 10.6. The molecule has 3 rings (SSSR count). The van der Waals surface area contributed by atoms with Crippen LogP contribution in [0.25, 0.3) is 0 Å². The Morgan fingerprint density at radius 3 is 2.25 bits per heavy atom. The minimum absolute atomic E-state index is 0.707. The second kappa shape index (κ2) is 4.23. The van der Waals surface area contributed by atoms with E-state index in [2.05, 4.69) is 6.92 Å². The lowest BCUT2D eigenvalue weighted by atomic mass is 9.80. The van der Waals surface area contributed by atoms with Crippen LogP contribution in [0.4, 0.5) is 0 Å². The Kier molecular flexibility index (Phi) is 3.02. The minimum atomic E-state index is 0.707. The molecule has 0 N–H and O–H groups in total. The van der Waals surface area contributed by atoms with Crippen molar-refractivity contribution in [3.8, 4) is 0 Å². The van der Waals surface area contributed by atoms with Gasteiger partial charge in [-0.15, -0.1) is 0 Å². The second-order valence-electron chi connectivity index (χ2n) is 6.83. The molecule has 4 atom stereocenters. The Balaban J connectivity index is 1.76. The average Bonchev–Trinajstić information content (AvgIpc) is 2.85. The van der Waals surface area contributed by atoms with Gasteiger partial charge in [0.05, 0.1) is 0 Å². The van der Waals surface area contributed by atoms with Gasteiger partial charge in [0.15, 0.2) is 0 Å². The molecule has 1 spiro atoms. The van der Waals surface area contributed by atoms with Crippen molar-refractivity contribution in [1.82, 2.24) is 0 Å². The molecule has 0 bridgehead atoms. The van der Waals surface area contributed by atoms with E-state index in [0.717, 1.165) is 23.2 Å². The molecule has 0 saturated heterocycles. The van der Waals surface area contributed by atoms with Gasteiger partial charge in [-0.2, -0.15) is 12.6 Å². The van der Waals surface area contributed by atoms with Crippen LogP contribution in [0.15, 0.2) is 0 Å². The highest BCUT2D eigenvalue weighted by Crippen LogP contribution is 2.71. The van der Waals surface area contributed by atoms with Crippen LogP contribution in [-0.2, 0) is 0 Å². The zero-order chi connectivity index (χ0) is 11.2. The van der Waals surface area contributed by atoms with Crippen molar-refractivity contribution in [2.24, 2.45) is 23.2 Å². The lowest BCUT2D eigenvalue weighted by molar-refractivity contribution is 0.263. The van der Waals surface area contributed by atoms with Crippen molar-refractivity contribution >= 4 is 12.6 Å². The van der Waals surface area contributed by atoms with Crippen LogP contribution in [0.1, 0.15) is 64.7 Å². The van der Waals surface area contributed by atoms with E-state index in [0.29, 0.717) is 5.25 Å². The third-order valence-electron chi connectivity index (χ3n) is 5.71. The van der Waals surface area contributed by atoms with Crippen molar-refractivity contribution < 1.29 is 0 Å². The summed E-state index contributed by atoms with van der Waals surface area (Å²) in [6.07, 6.45) is 13.3. The van der Waals surface area contributed by atoms with Crippen LogP contribution >= 0.6 is 12.6 Å². The van der Waals surface area contributed by atoms with E-state index in [1.807, 2.05) is 0 Å². The molecule has 16 heavy (non-hydrogen) atoms. The van der Waals surface area contributed by atoms with Crippen molar-refractivity contribution in [2.45, 2.75) is 70.0 Å². The van der Waals surface area contributed by atoms with Gasteiger partial charge >= 0.3 is 0 Å². The van der Waals surface area contributed by atoms with E-state index in [4.69, 9.17) is 12.6 Å². The van der Waals surface area contributed by atoms with Crippen LogP contribution in [0.2, 0.25) is 0 Å². The molecule has 0 aromatic carbocycles. The first-order chi connectivity index (χ1) is 7.72. The number of fused-ring (bicyclic) bond motifs is 3. The van der Waals surface area contributed by atoms with Crippen LogP contribution in [-0.4, -0.2) is 5.25 Å². The largest absolute Gasteiger partial charge is 0.176 e. The minimum Gasteiger partial charge on any atom is -0.176 e. The van der Waals surface area contributed by atoms with E-state index in [-0.39, 0.29) is 0 Å². The quantitative estimate of drug-likeness (QED) is 0.581. The first kappa shape index (κ1) is 11.4. The summed E-state index contributed by atoms with van der Waals surface area (Å²) in [5.41, 5.74) is 0.767. The monoisotopic (exact) mass is 238 g/mol. The van der Waals surface area contributed by atoms with Gasteiger partial charge in [-0.05, 0) is 55.3 Å². The fourth-order valence-electron chi connectivity index (χ4n) is 5.06. The highest BCUT2D eigenvalue weighted by atomic mass is 32.1. The predicted octanol–water partition coefficient (Wildman–Crippen LogP) is 4.69. The predicted molar refractivity (Wildman–Crippen MR) is 72.9 cm³/mol. The van der Waals surface area contributed by atoms with Crippen LogP contribution < -0.4 is 0 Å². The van der Waals surface area contributed by atoms with E-state index in [1.165, 1.54) is 57.8 Å². The fraction of sp³-hybridized carbons (Fsp3) is 1.00. The molecule has 0 aromatic heterocycles. The molecule has 0 nitrogen and oxygen atoms in total. The molecule has 3 fully saturated rings. The molecular formula is C15H26S. The lowest BCUT2D eigenvalue weighted by Crippen LogP contribution is -2.20. The molecule has 0 aromatic rings. The Morgan fingerprint density at radius 2 is 1.56 bits per heavy atom.